The van der Waals surface area contributed by atoms with E-state index in [9.17, 15) is 0 Å². The molecular formula is C11H23N2+. The molecule has 2 rings (SSSR count). The van der Waals surface area contributed by atoms with Gasteiger partial charge in [0, 0.05) is 24.9 Å². The highest BCUT2D eigenvalue weighted by atomic mass is 15.3. The first-order chi connectivity index (χ1) is 6.09. The molecule has 0 aromatic carbocycles. The number of nitrogens with zero attached hydrogens (tertiary/aromatic N) is 2. The lowest BCUT2D eigenvalue weighted by atomic mass is 9.84. The van der Waals surface area contributed by atoms with Gasteiger partial charge in [-0.3, -0.25) is 0 Å². The van der Waals surface area contributed by atoms with Gasteiger partial charge in [0.1, 0.15) is 0 Å². The van der Waals surface area contributed by atoms with Crippen molar-refractivity contribution in [1.82, 2.24) is 4.90 Å². The summed E-state index contributed by atoms with van der Waals surface area (Å²) in [4.78, 5) is 2.64. The highest BCUT2D eigenvalue weighted by molar-refractivity contribution is 4.81. The summed E-state index contributed by atoms with van der Waals surface area (Å²) in [6.45, 7) is 9.05. The van der Waals surface area contributed by atoms with Crippen LogP contribution in [0.25, 0.3) is 0 Å². The minimum atomic E-state index is 0.974. The molecule has 1 unspecified atom stereocenters. The molecule has 0 aromatic heterocycles. The highest BCUT2D eigenvalue weighted by Gasteiger charge is 2.38. The Morgan fingerprint density at radius 1 is 1.15 bits per heavy atom. The van der Waals surface area contributed by atoms with E-state index < -0.39 is 0 Å². The largest absolute Gasteiger partial charge is 0.328 e. The summed E-state index contributed by atoms with van der Waals surface area (Å²) >= 11 is 0. The van der Waals surface area contributed by atoms with E-state index in [1.54, 1.807) is 0 Å². The molecule has 2 bridgehead atoms. The molecule has 76 valence electrons. The lowest BCUT2D eigenvalue weighted by Crippen LogP contribution is -2.58. The van der Waals surface area contributed by atoms with Crippen LogP contribution in [0.1, 0.15) is 13.3 Å². The molecule has 0 aliphatic carbocycles. The van der Waals surface area contributed by atoms with Gasteiger partial charge in [-0.2, -0.15) is 0 Å². The zero-order chi connectivity index (χ0) is 9.47. The van der Waals surface area contributed by atoms with E-state index in [1.807, 2.05) is 0 Å². The van der Waals surface area contributed by atoms with Crippen LogP contribution < -0.4 is 0 Å². The van der Waals surface area contributed by atoms with Crippen LogP contribution in [0.4, 0.5) is 0 Å². The predicted octanol–water partition coefficient (Wildman–Crippen LogP) is 1.03. The number of fused-ring (bicyclic) bond motifs is 2. The van der Waals surface area contributed by atoms with Crippen LogP contribution in [0.3, 0.4) is 0 Å². The second kappa shape index (κ2) is 3.25. The smallest absolute Gasteiger partial charge is 0.0823 e. The van der Waals surface area contributed by atoms with Gasteiger partial charge in [0.05, 0.1) is 27.2 Å². The van der Waals surface area contributed by atoms with E-state index in [0.29, 0.717) is 0 Å². The van der Waals surface area contributed by atoms with Crippen molar-refractivity contribution < 1.29 is 4.48 Å². The van der Waals surface area contributed by atoms with Gasteiger partial charge < -0.3 is 9.38 Å². The molecule has 0 saturated carbocycles. The van der Waals surface area contributed by atoms with Gasteiger partial charge in [-0.05, 0) is 13.0 Å². The molecule has 2 atom stereocenters. The third-order valence-electron chi connectivity index (χ3n) is 3.65. The monoisotopic (exact) mass is 183 g/mol. The summed E-state index contributed by atoms with van der Waals surface area (Å²) in [6.07, 6.45) is 1.50. The standard InChI is InChI=1S/C11H23N2/c1-4-12-6-10-5-11(7-12)9-13(2,3)8-10/h10-11H,4-9H2,1-3H3/q+1/t10-,11?/m1/s1. The van der Waals surface area contributed by atoms with Crippen LogP contribution in [0.15, 0.2) is 0 Å². The van der Waals surface area contributed by atoms with Crippen molar-refractivity contribution in [2.75, 3.05) is 46.8 Å². The lowest BCUT2D eigenvalue weighted by molar-refractivity contribution is -0.903. The summed E-state index contributed by atoms with van der Waals surface area (Å²) in [7, 11) is 4.78. The predicted molar refractivity (Wildman–Crippen MR) is 55.6 cm³/mol. The molecular weight excluding hydrogens is 160 g/mol. The zero-order valence-corrected chi connectivity index (χ0v) is 9.29. The van der Waals surface area contributed by atoms with Gasteiger partial charge >= 0.3 is 0 Å². The first-order valence-electron chi connectivity index (χ1n) is 5.63. The topological polar surface area (TPSA) is 3.24 Å². The summed E-state index contributed by atoms with van der Waals surface area (Å²) in [5.74, 6) is 1.95. The number of likely N-dealkylation sites (tertiary alicyclic amines) is 2. The van der Waals surface area contributed by atoms with Crippen LogP contribution in [0.2, 0.25) is 0 Å². The average Bonchev–Trinajstić information content (AvgIpc) is 1.99. The Labute approximate surface area is 82.1 Å². The fourth-order valence-electron chi connectivity index (χ4n) is 3.42. The maximum atomic E-state index is 2.64. The zero-order valence-electron chi connectivity index (χ0n) is 9.29. The van der Waals surface area contributed by atoms with Crippen molar-refractivity contribution in [3.63, 3.8) is 0 Å². The number of rotatable bonds is 1. The molecule has 13 heavy (non-hydrogen) atoms. The Morgan fingerprint density at radius 3 is 2.15 bits per heavy atom. The van der Waals surface area contributed by atoms with Crippen LogP contribution in [-0.4, -0.2) is 56.2 Å². The summed E-state index contributed by atoms with van der Waals surface area (Å²) in [5.41, 5.74) is 0. The van der Waals surface area contributed by atoms with E-state index in [1.165, 1.54) is 43.6 Å². The van der Waals surface area contributed by atoms with Crippen molar-refractivity contribution >= 4 is 0 Å². The van der Waals surface area contributed by atoms with E-state index in [2.05, 4.69) is 25.9 Å². The summed E-state index contributed by atoms with van der Waals surface area (Å²) in [6, 6.07) is 0. The number of hydrogen-bond donors (Lipinski definition) is 0. The first-order valence-corrected chi connectivity index (χ1v) is 5.63. The fourth-order valence-corrected chi connectivity index (χ4v) is 3.42. The molecule has 2 nitrogen and oxygen atoms in total. The van der Waals surface area contributed by atoms with Crippen LogP contribution >= 0.6 is 0 Å². The lowest BCUT2D eigenvalue weighted by Gasteiger charge is -2.48. The Hall–Kier alpha value is -0.0800. The SMILES string of the molecule is CCN1CC2C[C@H](C1)C[N+](C)(C)C2. The first kappa shape index (κ1) is 9.47. The van der Waals surface area contributed by atoms with Gasteiger partial charge in [0.25, 0.3) is 0 Å². The van der Waals surface area contributed by atoms with Gasteiger partial charge in [0.2, 0.25) is 0 Å². The maximum absolute atomic E-state index is 2.64. The van der Waals surface area contributed by atoms with E-state index >= 15 is 0 Å². The summed E-state index contributed by atoms with van der Waals surface area (Å²) < 4.78 is 1.26. The highest BCUT2D eigenvalue weighted by Crippen LogP contribution is 2.30. The molecule has 0 aromatic rings. The Bertz CT molecular complexity index is 173. The molecule has 2 heteroatoms. The van der Waals surface area contributed by atoms with Crippen LogP contribution in [-0.2, 0) is 0 Å². The van der Waals surface area contributed by atoms with Crippen molar-refractivity contribution in [3.05, 3.63) is 0 Å². The minimum Gasteiger partial charge on any atom is -0.328 e. The number of piperidine rings is 2. The second-order valence-electron chi connectivity index (χ2n) is 5.62. The van der Waals surface area contributed by atoms with Gasteiger partial charge in [-0.1, -0.05) is 6.92 Å². The average molecular weight is 183 g/mol. The van der Waals surface area contributed by atoms with Gasteiger partial charge in [-0.15, -0.1) is 0 Å². The second-order valence-corrected chi connectivity index (χ2v) is 5.62. The molecule has 2 heterocycles. The number of hydrogen-bond acceptors (Lipinski definition) is 1. The Kier molecular flexibility index (Phi) is 2.37. The molecule has 2 aliphatic heterocycles. The van der Waals surface area contributed by atoms with Crippen molar-refractivity contribution in [3.8, 4) is 0 Å². The molecule has 2 aliphatic rings. The summed E-state index contributed by atoms with van der Waals surface area (Å²) in [5, 5.41) is 0. The van der Waals surface area contributed by atoms with E-state index in [0.717, 1.165) is 11.8 Å². The molecule has 0 spiro atoms. The normalized spacial score (nSPS) is 39.0. The Balaban J connectivity index is 2.01. The van der Waals surface area contributed by atoms with Crippen LogP contribution in [0, 0.1) is 11.8 Å². The van der Waals surface area contributed by atoms with Crippen LogP contribution in [0.5, 0.6) is 0 Å². The van der Waals surface area contributed by atoms with Crippen molar-refractivity contribution in [2.24, 2.45) is 11.8 Å². The Morgan fingerprint density at radius 2 is 1.69 bits per heavy atom. The quantitative estimate of drug-likeness (QED) is 0.549. The van der Waals surface area contributed by atoms with Crippen molar-refractivity contribution in [2.45, 2.75) is 13.3 Å². The molecule has 0 amide bonds. The van der Waals surface area contributed by atoms with E-state index in [-0.39, 0.29) is 0 Å². The van der Waals surface area contributed by atoms with Crippen molar-refractivity contribution in [1.29, 1.82) is 0 Å². The molecule has 2 saturated heterocycles. The maximum Gasteiger partial charge on any atom is 0.0823 e. The number of quaternary nitrogens is 1. The molecule has 0 N–H and O–H groups in total. The third kappa shape index (κ3) is 2.05. The van der Waals surface area contributed by atoms with Gasteiger partial charge in [0.15, 0.2) is 0 Å². The third-order valence-corrected chi connectivity index (χ3v) is 3.65. The molecule has 0 radical (unpaired) electrons. The van der Waals surface area contributed by atoms with Gasteiger partial charge in [-0.25, -0.2) is 0 Å². The van der Waals surface area contributed by atoms with E-state index in [4.69, 9.17) is 0 Å². The fraction of sp³-hybridized carbons (Fsp3) is 1.00. The minimum absolute atomic E-state index is 0.974. The molecule has 2 fully saturated rings.